The lowest BCUT2D eigenvalue weighted by atomic mass is 9.10. The zero-order chi connectivity index (χ0) is 31.0. The molecule has 2 aliphatic heterocycles. The number of ether oxygens (including phenoxy) is 1. The summed E-state index contributed by atoms with van der Waals surface area (Å²) in [5.74, 6) is -1.08. The molecule has 17 heteroatoms. The summed E-state index contributed by atoms with van der Waals surface area (Å²) in [5, 5.41) is 2.40. The van der Waals surface area contributed by atoms with Crippen LogP contribution in [0.1, 0.15) is 61.4 Å². The molecule has 16 radical (unpaired) electrons. The van der Waals surface area contributed by atoms with Crippen LogP contribution in [-0.4, -0.2) is 115 Å². The highest BCUT2D eigenvalue weighted by Crippen LogP contribution is 2.63. The van der Waals surface area contributed by atoms with Gasteiger partial charge in [0.05, 0.1) is 78.4 Å². The average Bonchev–Trinajstić information content (AvgIpc) is 3.64. The molecule has 0 spiro atoms. The second kappa shape index (κ2) is 10.1. The molecular weight excluding hydrogens is 520 g/mol. The highest BCUT2D eigenvalue weighted by Gasteiger charge is 2.60. The Hall–Kier alpha value is -1.82. The minimum Gasteiger partial charge on any atom is -0.370 e. The van der Waals surface area contributed by atoms with E-state index in [0.29, 0.717) is 11.3 Å². The quantitative estimate of drug-likeness (QED) is 0.494. The maximum Gasteiger partial charge on any atom is 0.397 e. The highest BCUT2D eigenvalue weighted by molar-refractivity contribution is 6.70. The molecule has 4 rings (SSSR count). The molecule has 41 heavy (non-hydrogen) atoms. The fraction of sp³-hybridized carbons (Fsp3) is 0.708. The standard InChI is InChI=1S/C24H23B8F3N4O2/c1-19(2)7-13-14(9-36)18(37-17(12-3-4-12)15(13)10-41-19)38-5-6-39(16(40)8-21(33,34)35)20(25,11-38)22(26,23(27,28)29)24(30,31)32/h12H,3-8,10-11H2,1-2H3/t20-/m1/s1. The zero-order valence-electron chi connectivity index (χ0n) is 23.1. The monoisotopic (exact) mass is 544 g/mol. The van der Waals surface area contributed by atoms with Crippen LogP contribution in [0.15, 0.2) is 0 Å². The van der Waals surface area contributed by atoms with Gasteiger partial charge in [0.1, 0.15) is 26.2 Å². The molecule has 1 aromatic heterocycles. The first-order valence-corrected chi connectivity index (χ1v) is 13.1. The van der Waals surface area contributed by atoms with E-state index in [1.54, 1.807) is 0 Å². The Morgan fingerprint density at radius 3 is 2.15 bits per heavy atom. The molecule has 1 aromatic rings. The third-order valence-electron chi connectivity index (χ3n) is 8.22. The van der Waals surface area contributed by atoms with Crippen LogP contribution < -0.4 is 4.90 Å². The average molecular weight is 543 g/mol. The first kappa shape index (κ1) is 32.1. The number of carbonyl (C=O) groups is 1. The van der Waals surface area contributed by atoms with E-state index in [1.165, 1.54) is 4.90 Å². The van der Waals surface area contributed by atoms with Crippen molar-refractivity contribution in [2.24, 2.45) is 0 Å². The molecule has 1 amide bonds. The van der Waals surface area contributed by atoms with Crippen LogP contribution in [0, 0.1) is 11.3 Å². The summed E-state index contributed by atoms with van der Waals surface area (Å²) in [4.78, 5) is 20.1. The molecule has 1 aliphatic carbocycles. The van der Waals surface area contributed by atoms with Crippen LogP contribution in [-0.2, 0) is 22.6 Å². The van der Waals surface area contributed by atoms with Gasteiger partial charge in [-0.2, -0.15) is 18.4 Å². The van der Waals surface area contributed by atoms with Gasteiger partial charge in [-0.1, -0.05) is 5.31 Å². The summed E-state index contributed by atoms with van der Waals surface area (Å²) in [5.41, 5.74) is -0.451. The van der Waals surface area contributed by atoms with Crippen molar-refractivity contribution >= 4 is 74.5 Å². The number of aromatic nitrogens is 1. The Kier molecular flexibility index (Phi) is 7.93. The largest absolute Gasteiger partial charge is 0.397 e. The molecule has 1 saturated carbocycles. The minimum absolute atomic E-state index is 0.0808. The number of pyridine rings is 1. The van der Waals surface area contributed by atoms with E-state index in [4.69, 9.17) is 72.5 Å². The first-order valence-electron chi connectivity index (χ1n) is 13.1. The molecule has 1 saturated heterocycles. The van der Waals surface area contributed by atoms with Gasteiger partial charge in [0.2, 0.25) is 5.91 Å². The van der Waals surface area contributed by atoms with Crippen molar-refractivity contribution in [2.75, 3.05) is 24.5 Å². The van der Waals surface area contributed by atoms with E-state index in [0.717, 1.165) is 29.7 Å². The number of piperazine rings is 1. The number of carbonyl (C=O) groups excluding carboxylic acids is 1. The Morgan fingerprint density at radius 1 is 1.07 bits per heavy atom. The van der Waals surface area contributed by atoms with Crippen LogP contribution in [0.3, 0.4) is 0 Å². The fourth-order valence-electron chi connectivity index (χ4n) is 5.95. The molecule has 2 fully saturated rings. The topological polar surface area (TPSA) is 69.5 Å². The number of fused-ring (bicyclic) bond motifs is 1. The molecule has 1 atom stereocenters. The van der Waals surface area contributed by atoms with Crippen molar-refractivity contribution < 1.29 is 22.7 Å². The Bertz CT molecular complexity index is 1260. The van der Waals surface area contributed by atoms with Crippen LogP contribution in [0.2, 0.25) is 15.5 Å². The SMILES string of the molecule is [B]C([B])([B])C([B])(C([B])([B])[B])[C@@]1([B])CN(c2nc(C3CC3)c3c(c2C#N)CC(C)(C)OC3)CCN1C(=O)CC(F)(F)F. The van der Waals surface area contributed by atoms with Crippen LogP contribution in [0.4, 0.5) is 19.0 Å². The second-order valence-electron chi connectivity index (χ2n) is 12.1. The van der Waals surface area contributed by atoms with Gasteiger partial charge in [-0.25, -0.2) is 4.98 Å². The number of amides is 1. The van der Waals surface area contributed by atoms with Gasteiger partial charge in [-0.3, -0.25) is 4.79 Å². The maximum atomic E-state index is 13.3. The number of anilines is 1. The Labute approximate surface area is 249 Å². The van der Waals surface area contributed by atoms with Crippen molar-refractivity contribution in [1.82, 2.24) is 9.88 Å². The summed E-state index contributed by atoms with van der Waals surface area (Å²) >= 11 is 0. The molecule has 0 unspecified atom stereocenters. The number of nitrogens with zero attached hydrogens (tertiary/aromatic N) is 4. The summed E-state index contributed by atoms with van der Waals surface area (Å²) in [7, 11) is 49.2. The van der Waals surface area contributed by atoms with Crippen LogP contribution in [0.25, 0.3) is 0 Å². The first-order chi connectivity index (χ1) is 18.6. The third-order valence-corrected chi connectivity index (χ3v) is 8.22. The molecule has 0 N–H and O–H groups in total. The third kappa shape index (κ3) is 5.63. The van der Waals surface area contributed by atoms with Gasteiger partial charge in [0.25, 0.3) is 0 Å². The van der Waals surface area contributed by atoms with Crippen molar-refractivity contribution in [1.29, 1.82) is 5.26 Å². The second-order valence-corrected chi connectivity index (χ2v) is 12.1. The molecule has 0 bridgehead atoms. The van der Waals surface area contributed by atoms with Gasteiger partial charge in [0, 0.05) is 43.0 Å². The van der Waals surface area contributed by atoms with Gasteiger partial charge < -0.3 is 14.5 Å². The van der Waals surface area contributed by atoms with Gasteiger partial charge in [0.15, 0.2) is 0 Å². The molecule has 6 nitrogen and oxygen atoms in total. The number of nitriles is 1. The molecule has 196 valence electrons. The van der Waals surface area contributed by atoms with Crippen molar-refractivity contribution in [2.45, 2.75) is 84.8 Å². The Morgan fingerprint density at radius 2 is 1.66 bits per heavy atom. The van der Waals surface area contributed by atoms with E-state index < -0.39 is 58.2 Å². The predicted molar refractivity (Wildman–Crippen MR) is 155 cm³/mol. The lowest BCUT2D eigenvalue weighted by Crippen LogP contribution is -2.74. The smallest absolute Gasteiger partial charge is 0.370 e. The van der Waals surface area contributed by atoms with Crippen molar-refractivity contribution in [3.63, 3.8) is 0 Å². The maximum absolute atomic E-state index is 13.3. The van der Waals surface area contributed by atoms with Gasteiger partial charge >= 0.3 is 6.18 Å². The number of alkyl halides is 3. The summed E-state index contributed by atoms with van der Waals surface area (Å²) < 4.78 is 46.0. The van der Waals surface area contributed by atoms with E-state index in [9.17, 15) is 23.2 Å². The van der Waals surface area contributed by atoms with Crippen molar-refractivity contribution in [3.8, 4) is 6.07 Å². The van der Waals surface area contributed by atoms with Crippen molar-refractivity contribution in [3.05, 3.63) is 22.4 Å². The highest BCUT2D eigenvalue weighted by atomic mass is 19.4. The number of hydrogen-bond donors (Lipinski definition) is 0. The lowest BCUT2D eigenvalue weighted by molar-refractivity contribution is -0.165. The van der Waals surface area contributed by atoms with E-state index in [-0.39, 0.29) is 30.5 Å². The van der Waals surface area contributed by atoms with Crippen LogP contribution in [0.5, 0.6) is 0 Å². The number of halogens is 3. The fourth-order valence-corrected chi connectivity index (χ4v) is 5.95. The van der Waals surface area contributed by atoms with E-state index >= 15 is 0 Å². The predicted octanol–water partition coefficient (Wildman–Crippen LogP) is 0.633. The molecule has 3 aliphatic rings. The molecule has 3 heterocycles. The molecule has 0 aromatic carbocycles. The van der Waals surface area contributed by atoms with Crippen LogP contribution >= 0.6 is 0 Å². The summed E-state index contributed by atoms with van der Waals surface area (Å²) in [6.07, 6.45) is -4.55. The number of hydrogen-bond acceptors (Lipinski definition) is 5. The Balaban J connectivity index is 1.90. The van der Waals surface area contributed by atoms with Gasteiger partial charge in [-0.15, -0.1) is 10.2 Å². The lowest BCUT2D eigenvalue weighted by Gasteiger charge is -2.70. The normalized spacial score (nSPS) is 23.5. The summed E-state index contributed by atoms with van der Waals surface area (Å²) in [6.45, 7) is 3.02. The zero-order valence-corrected chi connectivity index (χ0v) is 23.1. The van der Waals surface area contributed by atoms with Gasteiger partial charge in [-0.05, 0) is 32.3 Å². The summed E-state index contributed by atoms with van der Waals surface area (Å²) in [6, 6.07) is 2.23. The number of rotatable bonds is 6. The van der Waals surface area contributed by atoms with E-state index in [2.05, 4.69) is 6.07 Å². The van der Waals surface area contributed by atoms with E-state index in [1.807, 2.05) is 13.8 Å². The molecular formula is C24H23B8F3N4O2. The minimum atomic E-state index is -4.88.